The third-order valence-electron chi connectivity index (χ3n) is 3.47. The number of furan rings is 1. The van der Waals surface area contributed by atoms with Gasteiger partial charge in [0.1, 0.15) is 5.76 Å². The molecular formula is C18H12Cl2N2O3. The van der Waals surface area contributed by atoms with Crippen LogP contribution in [-0.2, 0) is 0 Å². The summed E-state index contributed by atoms with van der Waals surface area (Å²) in [5, 5.41) is 3.42. The molecule has 0 fully saturated rings. The molecule has 0 aliphatic carbocycles. The Morgan fingerprint density at radius 3 is 2.36 bits per heavy atom. The lowest BCUT2D eigenvalue weighted by molar-refractivity contribution is 0.0992. The summed E-state index contributed by atoms with van der Waals surface area (Å²) in [5.74, 6) is -0.421. The van der Waals surface area contributed by atoms with Gasteiger partial charge in [-0.05, 0) is 48.5 Å². The van der Waals surface area contributed by atoms with Gasteiger partial charge in [-0.15, -0.1) is 0 Å². The number of benzene rings is 2. The zero-order valence-corrected chi connectivity index (χ0v) is 14.3. The van der Waals surface area contributed by atoms with Gasteiger partial charge in [-0.25, -0.2) is 0 Å². The molecule has 0 unspecified atom stereocenters. The number of carbonyl (C=O) groups is 2. The highest BCUT2D eigenvalue weighted by Gasteiger charge is 2.15. The maximum absolute atomic E-state index is 12.3. The number of hydrogen-bond donors (Lipinski definition) is 2. The molecule has 2 aromatic carbocycles. The van der Waals surface area contributed by atoms with Crippen LogP contribution in [0.3, 0.4) is 0 Å². The molecule has 3 rings (SSSR count). The van der Waals surface area contributed by atoms with Crippen LogP contribution in [-0.4, -0.2) is 11.8 Å². The van der Waals surface area contributed by atoms with Crippen molar-refractivity contribution >= 4 is 40.7 Å². The zero-order chi connectivity index (χ0) is 18.0. The number of halogens is 2. The van der Waals surface area contributed by atoms with Gasteiger partial charge in [0.15, 0.2) is 5.76 Å². The molecule has 2 amide bonds. The van der Waals surface area contributed by atoms with E-state index in [-0.39, 0.29) is 5.76 Å². The fraction of sp³-hybridized carbons (Fsp3) is 0. The number of hydrogen-bond acceptors (Lipinski definition) is 3. The van der Waals surface area contributed by atoms with Crippen LogP contribution in [0.1, 0.15) is 20.9 Å². The Bertz CT molecular complexity index is 949. The van der Waals surface area contributed by atoms with Crippen LogP contribution in [0.25, 0.3) is 11.3 Å². The molecule has 126 valence electrons. The van der Waals surface area contributed by atoms with Crippen LogP contribution in [0.2, 0.25) is 10.0 Å². The Balaban J connectivity index is 1.79. The monoisotopic (exact) mass is 374 g/mol. The van der Waals surface area contributed by atoms with E-state index in [2.05, 4.69) is 5.32 Å². The molecule has 0 saturated heterocycles. The largest absolute Gasteiger partial charge is 0.451 e. The maximum Gasteiger partial charge on any atom is 0.291 e. The molecule has 0 bridgehead atoms. The Morgan fingerprint density at radius 2 is 1.68 bits per heavy atom. The Morgan fingerprint density at radius 1 is 0.960 bits per heavy atom. The molecule has 0 spiro atoms. The SMILES string of the molecule is NC(=O)c1ccc(NC(=O)c2ccc(-c3cccc(Cl)c3Cl)o2)cc1. The summed E-state index contributed by atoms with van der Waals surface area (Å²) in [6.07, 6.45) is 0. The predicted molar refractivity (Wildman–Crippen MR) is 97.1 cm³/mol. The van der Waals surface area contributed by atoms with Crippen molar-refractivity contribution in [2.24, 2.45) is 5.73 Å². The molecule has 0 atom stereocenters. The molecular weight excluding hydrogens is 363 g/mol. The lowest BCUT2D eigenvalue weighted by Gasteiger charge is -2.04. The second-order valence-corrected chi connectivity index (χ2v) is 5.95. The second kappa shape index (κ2) is 7.01. The van der Waals surface area contributed by atoms with Crippen LogP contribution in [0.4, 0.5) is 5.69 Å². The first-order chi connectivity index (χ1) is 12.0. The van der Waals surface area contributed by atoms with Gasteiger partial charge in [-0.1, -0.05) is 29.3 Å². The first-order valence-electron chi connectivity index (χ1n) is 7.21. The number of nitrogens with two attached hydrogens (primary N) is 1. The summed E-state index contributed by atoms with van der Waals surface area (Å²) in [6, 6.07) is 14.5. The molecule has 25 heavy (non-hydrogen) atoms. The fourth-order valence-electron chi connectivity index (χ4n) is 2.21. The standard InChI is InChI=1S/C18H12Cl2N2O3/c19-13-3-1-2-12(16(13)20)14-8-9-15(25-14)18(24)22-11-6-4-10(5-7-11)17(21)23/h1-9H,(H2,21,23)(H,22,24). The fourth-order valence-corrected chi connectivity index (χ4v) is 2.60. The van der Waals surface area contributed by atoms with Crippen LogP contribution in [0.5, 0.6) is 0 Å². The first-order valence-corrected chi connectivity index (χ1v) is 7.97. The van der Waals surface area contributed by atoms with E-state index < -0.39 is 11.8 Å². The minimum absolute atomic E-state index is 0.116. The molecule has 1 heterocycles. The van der Waals surface area contributed by atoms with Crippen molar-refractivity contribution in [3.8, 4) is 11.3 Å². The maximum atomic E-state index is 12.3. The highest BCUT2D eigenvalue weighted by molar-refractivity contribution is 6.43. The van der Waals surface area contributed by atoms with E-state index in [0.29, 0.717) is 32.6 Å². The molecule has 3 N–H and O–H groups in total. The van der Waals surface area contributed by atoms with E-state index in [4.69, 9.17) is 33.4 Å². The Labute approximate surface area is 153 Å². The lowest BCUT2D eigenvalue weighted by Crippen LogP contribution is -2.12. The highest BCUT2D eigenvalue weighted by atomic mass is 35.5. The summed E-state index contributed by atoms with van der Waals surface area (Å²) in [7, 11) is 0. The van der Waals surface area contributed by atoms with Gasteiger partial charge in [-0.2, -0.15) is 0 Å². The van der Waals surface area contributed by atoms with Crippen molar-refractivity contribution in [1.29, 1.82) is 0 Å². The zero-order valence-electron chi connectivity index (χ0n) is 12.8. The smallest absolute Gasteiger partial charge is 0.291 e. The minimum Gasteiger partial charge on any atom is -0.451 e. The molecule has 0 aliphatic rings. The molecule has 1 aromatic heterocycles. The lowest BCUT2D eigenvalue weighted by atomic mass is 10.2. The third-order valence-corrected chi connectivity index (χ3v) is 4.29. The van der Waals surface area contributed by atoms with E-state index in [1.807, 2.05) is 0 Å². The summed E-state index contributed by atoms with van der Waals surface area (Å²) < 4.78 is 5.57. The third kappa shape index (κ3) is 3.68. The van der Waals surface area contributed by atoms with Crippen molar-refractivity contribution in [3.05, 3.63) is 76.0 Å². The van der Waals surface area contributed by atoms with Crippen molar-refractivity contribution in [2.45, 2.75) is 0 Å². The summed E-state index contributed by atoms with van der Waals surface area (Å²) in [5.41, 5.74) is 6.64. The van der Waals surface area contributed by atoms with Crippen molar-refractivity contribution in [3.63, 3.8) is 0 Å². The average molecular weight is 375 g/mol. The van der Waals surface area contributed by atoms with Gasteiger partial charge in [0.05, 0.1) is 10.0 Å². The summed E-state index contributed by atoms with van der Waals surface area (Å²) in [6.45, 7) is 0. The van der Waals surface area contributed by atoms with Gasteiger partial charge < -0.3 is 15.5 Å². The molecule has 7 heteroatoms. The quantitative estimate of drug-likeness (QED) is 0.699. The minimum atomic E-state index is -0.535. The van der Waals surface area contributed by atoms with Crippen molar-refractivity contribution in [1.82, 2.24) is 0 Å². The molecule has 3 aromatic rings. The van der Waals surface area contributed by atoms with Gasteiger partial charge in [0.2, 0.25) is 5.91 Å². The van der Waals surface area contributed by atoms with Gasteiger partial charge in [-0.3, -0.25) is 9.59 Å². The highest BCUT2D eigenvalue weighted by Crippen LogP contribution is 2.34. The van der Waals surface area contributed by atoms with Crippen molar-refractivity contribution < 1.29 is 14.0 Å². The number of amides is 2. The van der Waals surface area contributed by atoms with E-state index in [1.165, 1.54) is 12.1 Å². The number of anilines is 1. The number of rotatable bonds is 4. The molecule has 0 saturated carbocycles. The van der Waals surface area contributed by atoms with E-state index in [1.54, 1.807) is 42.5 Å². The molecule has 0 aliphatic heterocycles. The number of carbonyl (C=O) groups excluding carboxylic acids is 2. The van der Waals surface area contributed by atoms with Gasteiger partial charge >= 0.3 is 0 Å². The van der Waals surface area contributed by atoms with Crippen LogP contribution < -0.4 is 11.1 Å². The van der Waals surface area contributed by atoms with E-state index >= 15 is 0 Å². The Kier molecular flexibility index (Phi) is 4.79. The summed E-state index contributed by atoms with van der Waals surface area (Å²) >= 11 is 12.1. The van der Waals surface area contributed by atoms with Gasteiger partial charge in [0, 0.05) is 16.8 Å². The second-order valence-electron chi connectivity index (χ2n) is 5.16. The topological polar surface area (TPSA) is 85.3 Å². The predicted octanol–water partition coefficient (Wildman–Crippen LogP) is 4.60. The molecule has 5 nitrogen and oxygen atoms in total. The van der Waals surface area contributed by atoms with E-state index in [0.717, 1.165) is 0 Å². The van der Waals surface area contributed by atoms with Crippen molar-refractivity contribution in [2.75, 3.05) is 5.32 Å². The number of nitrogens with one attached hydrogen (secondary N) is 1. The van der Waals surface area contributed by atoms with Crippen LogP contribution >= 0.6 is 23.2 Å². The summed E-state index contributed by atoms with van der Waals surface area (Å²) in [4.78, 5) is 23.3. The number of primary amides is 1. The van der Waals surface area contributed by atoms with Crippen LogP contribution in [0.15, 0.2) is 59.0 Å². The average Bonchev–Trinajstić information content (AvgIpc) is 3.08. The Hall–Kier alpha value is -2.76. The molecule has 0 radical (unpaired) electrons. The first kappa shape index (κ1) is 17.1. The van der Waals surface area contributed by atoms with E-state index in [9.17, 15) is 9.59 Å². The van der Waals surface area contributed by atoms with Crippen LogP contribution in [0, 0.1) is 0 Å². The normalized spacial score (nSPS) is 10.5. The van der Waals surface area contributed by atoms with Gasteiger partial charge in [0.25, 0.3) is 5.91 Å².